The molecule has 1 saturated carbocycles. The molecule has 0 radical (unpaired) electrons. The summed E-state index contributed by atoms with van der Waals surface area (Å²) >= 11 is 6.03. The molecule has 1 aromatic carbocycles. The van der Waals surface area contributed by atoms with Crippen LogP contribution in [0.1, 0.15) is 18.4 Å². The lowest BCUT2D eigenvalue weighted by Crippen LogP contribution is -3.13. The average molecular weight is 238 g/mol. The van der Waals surface area contributed by atoms with Crippen molar-refractivity contribution in [2.75, 3.05) is 6.54 Å². The van der Waals surface area contributed by atoms with E-state index in [1.165, 1.54) is 18.4 Å². The number of fused-ring (bicyclic) bond motifs is 1. The van der Waals surface area contributed by atoms with Gasteiger partial charge in [0.15, 0.2) is 6.54 Å². The Morgan fingerprint density at radius 2 is 2.12 bits per heavy atom. The highest BCUT2D eigenvalue weighted by Gasteiger charge is 2.36. The van der Waals surface area contributed by atoms with E-state index in [0.29, 0.717) is 0 Å². The minimum atomic E-state index is 0.797. The Bertz CT molecular complexity index is 452. The van der Waals surface area contributed by atoms with Crippen molar-refractivity contribution < 1.29 is 9.89 Å². The van der Waals surface area contributed by atoms with Crippen LogP contribution < -0.4 is 15.6 Å². The van der Waals surface area contributed by atoms with Crippen molar-refractivity contribution in [3.8, 4) is 0 Å². The number of nitrogens with one attached hydrogen (secondary N) is 2. The molecule has 3 nitrogen and oxygen atoms in total. The maximum Gasteiger partial charge on any atom is 0.301 e. The highest BCUT2D eigenvalue weighted by atomic mass is 35.5. The molecule has 0 saturated heterocycles. The third kappa shape index (κ3) is 1.93. The van der Waals surface area contributed by atoms with Crippen LogP contribution in [-0.4, -0.2) is 18.4 Å². The number of nitrogens with two attached hydrogens (primary N) is 1. The zero-order valence-corrected chi connectivity index (χ0v) is 9.85. The molecule has 2 aliphatic rings. The fourth-order valence-electron chi connectivity index (χ4n) is 2.38. The van der Waals surface area contributed by atoms with Gasteiger partial charge in [0.1, 0.15) is 12.2 Å². The summed E-state index contributed by atoms with van der Waals surface area (Å²) in [5.41, 5.74) is 8.38. The van der Waals surface area contributed by atoms with Crippen molar-refractivity contribution in [2.24, 2.45) is 5.73 Å². The maximum atomic E-state index is 6.03. The van der Waals surface area contributed by atoms with E-state index in [0.717, 1.165) is 35.7 Å². The molecule has 1 heterocycles. The number of rotatable bonds is 1. The molecule has 1 aromatic rings. The minimum absolute atomic E-state index is 0.797. The first-order valence-electron chi connectivity index (χ1n) is 5.74. The molecule has 0 spiro atoms. The number of benzene rings is 1. The first kappa shape index (κ1) is 10.1. The van der Waals surface area contributed by atoms with Crippen LogP contribution in [0.3, 0.4) is 0 Å². The normalized spacial score (nSPS) is 24.6. The van der Waals surface area contributed by atoms with Crippen LogP contribution in [0.4, 0.5) is 5.69 Å². The third-order valence-corrected chi connectivity index (χ3v) is 3.59. The van der Waals surface area contributed by atoms with Gasteiger partial charge in [-0.15, -0.1) is 0 Å². The number of hydrogen-bond acceptors (Lipinski definition) is 1. The number of hydrogen-bond donors (Lipinski definition) is 3. The van der Waals surface area contributed by atoms with E-state index >= 15 is 0 Å². The fraction of sp³-hybridized carbons (Fsp3) is 0.417. The highest BCUT2D eigenvalue weighted by molar-refractivity contribution is 6.30. The summed E-state index contributed by atoms with van der Waals surface area (Å²) in [5.74, 6) is 0.864. The summed E-state index contributed by atoms with van der Waals surface area (Å²) < 4.78 is 0. The van der Waals surface area contributed by atoms with E-state index in [1.54, 1.807) is 4.90 Å². The van der Waals surface area contributed by atoms with Crippen molar-refractivity contribution in [2.45, 2.75) is 25.4 Å². The summed E-state index contributed by atoms with van der Waals surface area (Å²) in [4.78, 5) is 4.84. The zero-order chi connectivity index (χ0) is 11.1. The molecule has 1 aliphatic heterocycles. The third-order valence-electron chi connectivity index (χ3n) is 3.35. The van der Waals surface area contributed by atoms with Crippen molar-refractivity contribution in [3.63, 3.8) is 0 Å². The molecule has 1 fully saturated rings. The first-order valence-corrected chi connectivity index (χ1v) is 6.11. The number of amidine groups is 1. The molecule has 1 atom stereocenters. The number of quaternary nitrogens is 1. The predicted octanol–water partition coefficient (Wildman–Crippen LogP) is -1.03. The Balaban J connectivity index is 1.99. The van der Waals surface area contributed by atoms with Gasteiger partial charge in [-0.05, 0) is 18.2 Å². The molecule has 0 bridgehead atoms. The molecule has 4 N–H and O–H groups in total. The second-order valence-electron chi connectivity index (χ2n) is 4.74. The maximum absolute atomic E-state index is 6.03. The number of halogens is 1. The van der Waals surface area contributed by atoms with Gasteiger partial charge < -0.3 is 4.90 Å². The monoisotopic (exact) mass is 237 g/mol. The Hall–Kier alpha value is -1.06. The summed E-state index contributed by atoms with van der Waals surface area (Å²) in [6, 6.07) is 6.76. The minimum Gasteiger partial charge on any atom is -0.319 e. The van der Waals surface area contributed by atoms with E-state index in [4.69, 9.17) is 17.3 Å². The van der Waals surface area contributed by atoms with Gasteiger partial charge in [-0.1, -0.05) is 11.6 Å². The lowest BCUT2D eigenvalue weighted by Gasteiger charge is -2.15. The molecular formula is C12H16ClN3+2. The zero-order valence-electron chi connectivity index (χ0n) is 9.09. The van der Waals surface area contributed by atoms with Gasteiger partial charge in [-0.25, -0.2) is 4.99 Å². The van der Waals surface area contributed by atoms with Gasteiger partial charge >= 0.3 is 5.84 Å². The van der Waals surface area contributed by atoms with Crippen molar-refractivity contribution >= 4 is 23.1 Å². The molecule has 0 amide bonds. The van der Waals surface area contributed by atoms with Crippen LogP contribution >= 0.6 is 11.6 Å². The molecule has 16 heavy (non-hydrogen) atoms. The second kappa shape index (κ2) is 3.75. The standard InChI is InChI=1S/C12H14ClN3/c13-9-1-4-11-8(5-9)6-16(10-2-3-10)7-12(14)15-11/h1,4-5,10H,2-3,6-7H2,(H2,14,15)/p+2. The quantitative estimate of drug-likeness (QED) is 0.575. The average Bonchev–Trinajstić information content (AvgIpc) is 3.02. The van der Waals surface area contributed by atoms with E-state index in [1.807, 2.05) is 18.2 Å². The molecule has 1 unspecified atom stereocenters. The smallest absolute Gasteiger partial charge is 0.301 e. The first-order chi connectivity index (χ1) is 7.72. The Morgan fingerprint density at radius 1 is 1.31 bits per heavy atom. The topological polar surface area (TPSA) is 44.4 Å². The largest absolute Gasteiger partial charge is 0.319 e. The lowest BCUT2D eigenvalue weighted by atomic mass is 10.1. The van der Waals surface area contributed by atoms with Crippen molar-refractivity contribution in [3.05, 3.63) is 28.8 Å². The highest BCUT2D eigenvalue weighted by Crippen LogP contribution is 2.19. The van der Waals surface area contributed by atoms with E-state index < -0.39 is 0 Å². The van der Waals surface area contributed by atoms with E-state index in [-0.39, 0.29) is 0 Å². The van der Waals surface area contributed by atoms with Gasteiger partial charge in [0.2, 0.25) is 0 Å². The SMILES string of the molecule is NC1=[NH+]c2ccc(Cl)cc2C[NH+](C2CC2)C1. The summed E-state index contributed by atoms with van der Waals surface area (Å²) in [6.07, 6.45) is 2.66. The van der Waals surface area contributed by atoms with Crippen LogP contribution in [0.15, 0.2) is 18.2 Å². The molecule has 3 rings (SSSR count). The summed E-state index contributed by atoms with van der Waals surface area (Å²) in [5, 5.41) is 0.802. The van der Waals surface area contributed by atoms with E-state index in [2.05, 4.69) is 4.99 Å². The van der Waals surface area contributed by atoms with Crippen LogP contribution in [-0.2, 0) is 6.54 Å². The van der Waals surface area contributed by atoms with Crippen LogP contribution in [0.5, 0.6) is 0 Å². The lowest BCUT2D eigenvalue weighted by molar-refractivity contribution is -0.916. The van der Waals surface area contributed by atoms with Gasteiger partial charge in [0.05, 0.1) is 11.6 Å². The summed E-state index contributed by atoms with van der Waals surface area (Å²) in [7, 11) is 0. The van der Waals surface area contributed by atoms with Crippen molar-refractivity contribution in [1.82, 2.24) is 0 Å². The molecule has 4 heteroatoms. The van der Waals surface area contributed by atoms with E-state index in [9.17, 15) is 0 Å². The Morgan fingerprint density at radius 3 is 2.88 bits per heavy atom. The van der Waals surface area contributed by atoms with Gasteiger partial charge in [-0.2, -0.15) is 0 Å². The summed E-state index contributed by atoms with van der Waals surface area (Å²) in [6.45, 7) is 1.94. The molecular weight excluding hydrogens is 222 g/mol. The second-order valence-corrected chi connectivity index (χ2v) is 5.17. The van der Waals surface area contributed by atoms with Gasteiger partial charge in [-0.3, -0.25) is 5.73 Å². The van der Waals surface area contributed by atoms with Crippen LogP contribution in [0, 0.1) is 0 Å². The Kier molecular flexibility index (Phi) is 2.37. The van der Waals surface area contributed by atoms with Crippen molar-refractivity contribution in [1.29, 1.82) is 0 Å². The Labute approximate surface area is 99.9 Å². The molecule has 1 aliphatic carbocycles. The predicted molar refractivity (Wildman–Crippen MR) is 63.8 cm³/mol. The van der Waals surface area contributed by atoms with Gasteiger partial charge in [0, 0.05) is 17.9 Å². The molecule has 84 valence electrons. The molecule has 0 aromatic heterocycles. The van der Waals surface area contributed by atoms with Crippen LogP contribution in [0.2, 0.25) is 5.02 Å². The van der Waals surface area contributed by atoms with Gasteiger partial charge in [0.25, 0.3) is 0 Å². The fourth-order valence-corrected chi connectivity index (χ4v) is 2.57. The van der Waals surface area contributed by atoms with Crippen LogP contribution in [0.25, 0.3) is 0 Å².